The summed E-state index contributed by atoms with van der Waals surface area (Å²) in [4.78, 5) is 0. The molecule has 0 aliphatic carbocycles. The Bertz CT molecular complexity index is 125. The van der Waals surface area contributed by atoms with Gasteiger partial charge in [0.1, 0.15) is 6.33 Å². The second-order valence-electron chi connectivity index (χ2n) is 1.03. The van der Waals surface area contributed by atoms with E-state index in [1.54, 1.807) is 0 Å². The summed E-state index contributed by atoms with van der Waals surface area (Å²) in [5.41, 5.74) is 5.11. The molecule has 0 fully saturated rings. The van der Waals surface area contributed by atoms with Gasteiger partial charge in [0.25, 0.3) is 0 Å². The van der Waals surface area contributed by atoms with Gasteiger partial charge in [0.05, 0.1) is 6.67 Å². The molecule has 46 valence electrons. The van der Waals surface area contributed by atoms with E-state index in [0.29, 0.717) is 6.67 Å². The van der Waals surface area contributed by atoms with Crippen molar-refractivity contribution in [1.29, 1.82) is 0 Å². The average molecular weight is 180 g/mol. The van der Waals surface area contributed by atoms with Gasteiger partial charge in [-0.25, -0.2) is 4.68 Å². The zero-order valence-corrected chi connectivity index (χ0v) is 5.77. The monoisotopic (exact) mass is 179 g/mol. The lowest BCUT2D eigenvalue weighted by atomic mass is 11.1. The van der Waals surface area contributed by atoms with Crippen LogP contribution in [0.2, 0.25) is 0 Å². The molecule has 0 saturated heterocycles. The fourth-order valence-electron chi connectivity index (χ4n) is 0.264. The summed E-state index contributed by atoms with van der Waals surface area (Å²) in [5.74, 6) is 0. The Morgan fingerprint density at radius 1 is 1.62 bits per heavy atom. The van der Waals surface area contributed by atoms with E-state index in [1.165, 1.54) is 11.0 Å². The summed E-state index contributed by atoms with van der Waals surface area (Å²) < 4.78 is 1.43. The minimum atomic E-state index is 0. The van der Waals surface area contributed by atoms with Gasteiger partial charge < -0.3 is 5.73 Å². The van der Waals surface area contributed by atoms with Crippen molar-refractivity contribution in [1.82, 2.24) is 20.2 Å². The first-order chi connectivity index (χ1) is 3.43. The molecule has 1 rings (SSSR count). The summed E-state index contributed by atoms with van der Waals surface area (Å²) >= 11 is 0. The number of halogens is 1. The van der Waals surface area contributed by atoms with Crippen molar-refractivity contribution in [3.63, 3.8) is 0 Å². The van der Waals surface area contributed by atoms with Crippen LogP contribution in [0.4, 0.5) is 0 Å². The lowest BCUT2D eigenvalue weighted by Crippen LogP contribution is -2.06. The molecule has 2 N–H and O–H groups in total. The van der Waals surface area contributed by atoms with Gasteiger partial charge in [-0.3, -0.25) is 0 Å². The van der Waals surface area contributed by atoms with E-state index in [9.17, 15) is 0 Å². The maximum absolute atomic E-state index is 5.11. The molecule has 0 aliphatic rings. The molecule has 0 bridgehead atoms. The van der Waals surface area contributed by atoms with Gasteiger partial charge in [-0.15, -0.1) is 22.1 Å². The molecule has 6 heteroatoms. The topological polar surface area (TPSA) is 69.6 Å². The van der Waals surface area contributed by atoms with E-state index in [-0.39, 0.29) is 17.0 Å². The van der Waals surface area contributed by atoms with Crippen LogP contribution in [0.25, 0.3) is 0 Å². The van der Waals surface area contributed by atoms with Gasteiger partial charge in [0, 0.05) is 0 Å². The molecule has 1 heterocycles. The van der Waals surface area contributed by atoms with E-state index in [4.69, 9.17) is 5.73 Å². The van der Waals surface area contributed by atoms with E-state index in [1.807, 2.05) is 0 Å². The number of nitrogens with two attached hydrogens (primary N) is 1. The van der Waals surface area contributed by atoms with Crippen LogP contribution in [0.3, 0.4) is 0 Å². The predicted octanol–water partition coefficient (Wildman–Crippen LogP) is -0.833. The lowest BCUT2D eigenvalue weighted by molar-refractivity contribution is 0.608. The van der Waals surface area contributed by atoms with Crippen molar-refractivity contribution in [3.05, 3.63) is 6.33 Å². The Morgan fingerprint density at radius 2 is 2.38 bits per heavy atom. The van der Waals surface area contributed by atoms with Gasteiger partial charge in [-0.05, 0) is 10.4 Å². The van der Waals surface area contributed by atoms with E-state index < -0.39 is 0 Å². The maximum Gasteiger partial charge on any atom is 0.139 e. The molecular formula is C2H6BrN5. The van der Waals surface area contributed by atoms with Crippen molar-refractivity contribution in [2.45, 2.75) is 6.67 Å². The normalized spacial score (nSPS) is 8.12. The van der Waals surface area contributed by atoms with Crippen LogP contribution in [0, 0.1) is 0 Å². The fourth-order valence-corrected chi connectivity index (χ4v) is 0.264. The summed E-state index contributed by atoms with van der Waals surface area (Å²) in [6.45, 7) is 0.340. The summed E-state index contributed by atoms with van der Waals surface area (Å²) in [7, 11) is 0. The minimum absolute atomic E-state index is 0. The minimum Gasteiger partial charge on any atom is -0.312 e. The third kappa shape index (κ3) is 1.55. The molecular weight excluding hydrogens is 174 g/mol. The summed E-state index contributed by atoms with van der Waals surface area (Å²) in [6.07, 6.45) is 1.46. The Balaban J connectivity index is 0.000000490. The zero-order chi connectivity index (χ0) is 5.11. The first kappa shape index (κ1) is 7.51. The lowest BCUT2D eigenvalue weighted by Gasteiger charge is -1.83. The molecule has 0 atom stereocenters. The number of tetrazole rings is 1. The number of hydrogen-bond donors (Lipinski definition) is 1. The zero-order valence-electron chi connectivity index (χ0n) is 4.06. The third-order valence-electron chi connectivity index (χ3n) is 0.579. The molecule has 0 aliphatic heterocycles. The molecule has 1 aromatic heterocycles. The van der Waals surface area contributed by atoms with Crippen LogP contribution in [0.1, 0.15) is 0 Å². The number of nitrogens with zero attached hydrogens (tertiary/aromatic N) is 4. The average Bonchev–Trinajstić information content (AvgIpc) is 2.14. The molecule has 0 amide bonds. The predicted molar refractivity (Wildman–Crippen MR) is 32.3 cm³/mol. The second-order valence-corrected chi connectivity index (χ2v) is 1.03. The number of aromatic nitrogens is 4. The van der Waals surface area contributed by atoms with Gasteiger partial charge >= 0.3 is 0 Å². The first-order valence-corrected chi connectivity index (χ1v) is 1.84. The molecule has 5 nitrogen and oxygen atoms in total. The quantitative estimate of drug-likeness (QED) is 0.612. The van der Waals surface area contributed by atoms with Crippen LogP contribution < -0.4 is 5.73 Å². The Kier molecular flexibility index (Phi) is 3.29. The third-order valence-corrected chi connectivity index (χ3v) is 0.579. The molecule has 8 heavy (non-hydrogen) atoms. The molecule has 0 saturated carbocycles. The summed E-state index contributed by atoms with van der Waals surface area (Å²) in [6, 6.07) is 0. The highest BCUT2D eigenvalue weighted by Crippen LogP contribution is 1.64. The van der Waals surface area contributed by atoms with Crippen LogP contribution >= 0.6 is 17.0 Å². The Morgan fingerprint density at radius 3 is 2.62 bits per heavy atom. The van der Waals surface area contributed by atoms with Crippen molar-refractivity contribution in [3.8, 4) is 0 Å². The number of hydrogen-bond acceptors (Lipinski definition) is 4. The van der Waals surface area contributed by atoms with Gasteiger partial charge in [0.15, 0.2) is 0 Å². The molecule has 0 aromatic carbocycles. The summed E-state index contributed by atoms with van der Waals surface area (Å²) in [5, 5.41) is 10.2. The van der Waals surface area contributed by atoms with E-state index in [0.717, 1.165) is 0 Å². The Hall–Kier alpha value is -0.490. The second kappa shape index (κ2) is 3.50. The van der Waals surface area contributed by atoms with Crippen LogP contribution in [-0.4, -0.2) is 20.2 Å². The van der Waals surface area contributed by atoms with Gasteiger partial charge in [0.2, 0.25) is 0 Å². The maximum atomic E-state index is 5.11. The van der Waals surface area contributed by atoms with E-state index in [2.05, 4.69) is 15.5 Å². The van der Waals surface area contributed by atoms with Crippen LogP contribution in [0.5, 0.6) is 0 Å². The largest absolute Gasteiger partial charge is 0.312 e. The highest BCUT2D eigenvalue weighted by Gasteiger charge is 1.80. The van der Waals surface area contributed by atoms with Crippen molar-refractivity contribution in [2.24, 2.45) is 5.73 Å². The first-order valence-electron chi connectivity index (χ1n) is 1.84. The van der Waals surface area contributed by atoms with Crippen molar-refractivity contribution >= 4 is 17.0 Å². The standard InChI is InChI=1S/C2H5N5.BrH/c3-1-7-2-4-5-6-7;/h2H,1,3H2;1H. The molecule has 1 aromatic rings. The van der Waals surface area contributed by atoms with Gasteiger partial charge in [-0.2, -0.15) is 0 Å². The molecule has 0 radical (unpaired) electrons. The van der Waals surface area contributed by atoms with Gasteiger partial charge in [-0.1, -0.05) is 0 Å². The highest BCUT2D eigenvalue weighted by molar-refractivity contribution is 8.93. The highest BCUT2D eigenvalue weighted by atomic mass is 79.9. The smallest absolute Gasteiger partial charge is 0.139 e. The fraction of sp³-hybridized carbons (Fsp3) is 0.500. The van der Waals surface area contributed by atoms with Crippen LogP contribution in [-0.2, 0) is 6.67 Å². The SMILES string of the molecule is Br.NCn1cnnn1. The number of rotatable bonds is 1. The van der Waals surface area contributed by atoms with Crippen molar-refractivity contribution in [2.75, 3.05) is 0 Å². The Labute approximate surface area is 56.6 Å². The van der Waals surface area contributed by atoms with Crippen LogP contribution in [0.15, 0.2) is 6.33 Å². The van der Waals surface area contributed by atoms with E-state index >= 15 is 0 Å². The molecule has 0 spiro atoms. The molecule has 0 unspecified atom stereocenters. The van der Waals surface area contributed by atoms with Crippen molar-refractivity contribution < 1.29 is 0 Å².